The number of nitrogens with one attached hydrogen (secondary N) is 1. The molecule has 7 nitrogen and oxygen atoms in total. The Bertz CT molecular complexity index is 902. The zero-order valence-electron chi connectivity index (χ0n) is 15.2. The summed E-state index contributed by atoms with van der Waals surface area (Å²) in [6.45, 7) is 3.51. The van der Waals surface area contributed by atoms with E-state index in [2.05, 4.69) is 17.2 Å². The minimum atomic E-state index is -0.598. The summed E-state index contributed by atoms with van der Waals surface area (Å²) >= 11 is 1.11. The molecule has 2 aromatic heterocycles. The SMILES string of the molecule is Cc1c(C(=O)OCC(=O)NC2CCCCC2C)sc2ncn(C)c(=O)c12. The van der Waals surface area contributed by atoms with E-state index in [4.69, 9.17) is 4.74 Å². The maximum atomic E-state index is 12.4. The summed E-state index contributed by atoms with van der Waals surface area (Å²) in [6, 6.07) is 0.147. The Morgan fingerprint density at radius 1 is 1.38 bits per heavy atom. The van der Waals surface area contributed by atoms with Crippen LogP contribution in [0.2, 0.25) is 0 Å². The average Bonchev–Trinajstić information content (AvgIpc) is 2.95. The van der Waals surface area contributed by atoms with Gasteiger partial charge in [0.05, 0.1) is 11.7 Å². The van der Waals surface area contributed by atoms with Crippen LogP contribution >= 0.6 is 11.3 Å². The van der Waals surface area contributed by atoms with Crippen molar-refractivity contribution in [1.82, 2.24) is 14.9 Å². The van der Waals surface area contributed by atoms with Crippen molar-refractivity contribution in [3.05, 3.63) is 27.1 Å². The third-order valence-corrected chi connectivity index (χ3v) is 6.17. The van der Waals surface area contributed by atoms with Gasteiger partial charge in [-0.25, -0.2) is 9.78 Å². The number of aryl methyl sites for hydroxylation is 2. The van der Waals surface area contributed by atoms with Crippen LogP contribution in [0.15, 0.2) is 11.1 Å². The van der Waals surface area contributed by atoms with E-state index >= 15 is 0 Å². The number of rotatable bonds is 4. The van der Waals surface area contributed by atoms with Crippen LogP contribution in [0, 0.1) is 12.8 Å². The van der Waals surface area contributed by atoms with Crippen molar-refractivity contribution >= 4 is 33.4 Å². The molecule has 140 valence electrons. The predicted octanol–water partition coefficient (Wildman–Crippen LogP) is 2.16. The molecule has 2 unspecified atom stereocenters. The van der Waals surface area contributed by atoms with Gasteiger partial charge in [0.2, 0.25) is 0 Å². The normalized spacial score (nSPS) is 20.1. The molecule has 0 aromatic carbocycles. The lowest BCUT2D eigenvalue weighted by Gasteiger charge is -2.29. The van der Waals surface area contributed by atoms with E-state index in [1.807, 2.05) is 0 Å². The van der Waals surface area contributed by atoms with Crippen LogP contribution in [-0.4, -0.2) is 34.1 Å². The minimum absolute atomic E-state index is 0.147. The van der Waals surface area contributed by atoms with E-state index in [9.17, 15) is 14.4 Å². The van der Waals surface area contributed by atoms with Crippen LogP contribution in [0.4, 0.5) is 0 Å². The van der Waals surface area contributed by atoms with Crippen LogP contribution in [0.5, 0.6) is 0 Å². The summed E-state index contributed by atoms with van der Waals surface area (Å²) in [6.07, 6.45) is 5.80. The Balaban J connectivity index is 1.66. The van der Waals surface area contributed by atoms with Gasteiger partial charge in [0, 0.05) is 13.1 Å². The third-order valence-electron chi connectivity index (χ3n) is 4.99. The number of ether oxygens (including phenoxy) is 1. The second-order valence-electron chi connectivity index (χ2n) is 6.91. The van der Waals surface area contributed by atoms with Gasteiger partial charge in [-0.1, -0.05) is 19.8 Å². The van der Waals surface area contributed by atoms with Crippen molar-refractivity contribution in [1.29, 1.82) is 0 Å². The molecule has 0 radical (unpaired) electrons. The van der Waals surface area contributed by atoms with E-state index in [1.54, 1.807) is 14.0 Å². The van der Waals surface area contributed by atoms with Gasteiger partial charge in [-0.05, 0) is 31.2 Å². The third kappa shape index (κ3) is 3.65. The molecule has 0 saturated heterocycles. The number of fused-ring (bicyclic) bond motifs is 1. The van der Waals surface area contributed by atoms with Crippen molar-refractivity contribution < 1.29 is 14.3 Å². The van der Waals surface area contributed by atoms with Gasteiger partial charge >= 0.3 is 5.97 Å². The Labute approximate surface area is 155 Å². The van der Waals surface area contributed by atoms with Crippen LogP contribution < -0.4 is 10.9 Å². The van der Waals surface area contributed by atoms with Crippen molar-refractivity contribution in [3.63, 3.8) is 0 Å². The van der Waals surface area contributed by atoms with Crippen molar-refractivity contribution in [2.24, 2.45) is 13.0 Å². The molecule has 2 atom stereocenters. The number of carbonyl (C=O) groups is 2. The van der Waals surface area contributed by atoms with E-state index in [-0.39, 0.29) is 24.1 Å². The minimum Gasteiger partial charge on any atom is -0.451 e. The van der Waals surface area contributed by atoms with Gasteiger partial charge in [-0.2, -0.15) is 0 Å². The van der Waals surface area contributed by atoms with Gasteiger partial charge < -0.3 is 14.6 Å². The van der Waals surface area contributed by atoms with Gasteiger partial charge in [0.15, 0.2) is 6.61 Å². The lowest BCUT2D eigenvalue weighted by atomic mass is 9.86. The number of aromatic nitrogens is 2. The first-order valence-electron chi connectivity index (χ1n) is 8.79. The first kappa shape index (κ1) is 18.6. The Kier molecular flexibility index (Phi) is 5.41. The first-order valence-corrected chi connectivity index (χ1v) is 9.61. The summed E-state index contributed by atoms with van der Waals surface area (Å²) in [5, 5.41) is 3.38. The molecule has 1 saturated carbocycles. The first-order chi connectivity index (χ1) is 12.4. The van der Waals surface area contributed by atoms with Gasteiger partial charge in [0.25, 0.3) is 11.5 Å². The number of amides is 1. The van der Waals surface area contributed by atoms with E-state index in [1.165, 1.54) is 17.3 Å². The standard InChI is InChI=1S/C18H23N3O4S/c1-10-6-4-5-7-12(10)20-13(22)8-25-18(24)15-11(2)14-16(26-15)19-9-21(3)17(14)23/h9-10,12H,4-8H2,1-3H3,(H,20,22). The number of carbonyl (C=O) groups excluding carboxylic acids is 2. The summed E-state index contributed by atoms with van der Waals surface area (Å²) in [7, 11) is 1.61. The monoisotopic (exact) mass is 377 g/mol. The lowest BCUT2D eigenvalue weighted by molar-refractivity contribution is -0.125. The second kappa shape index (κ2) is 7.57. The molecule has 2 heterocycles. The smallest absolute Gasteiger partial charge is 0.349 e. The van der Waals surface area contributed by atoms with E-state index < -0.39 is 5.97 Å². The fourth-order valence-electron chi connectivity index (χ4n) is 3.38. The summed E-state index contributed by atoms with van der Waals surface area (Å²) in [5.74, 6) is -0.445. The van der Waals surface area contributed by atoms with E-state index in [0.717, 1.165) is 30.6 Å². The Hall–Kier alpha value is -2.22. The fraction of sp³-hybridized carbons (Fsp3) is 0.556. The highest BCUT2D eigenvalue weighted by Crippen LogP contribution is 2.27. The molecular formula is C18H23N3O4S. The second-order valence-corrected chi connectivity index (χ2v) is 7.91. The lowest BCUT2D eigenvalue weighted by Crippen LogP contribution is -2.42. The summed E-state index contributed by atoms with van der Waals surface area (Å²) < 4.78 is 6.54. The molecule has 8 heteroatoms. The maximum absolute atomic E-state index is 12.4. The number of hydrogen-bond donors (Lipinski definition) is 1. The molecule has 1 aliphatic carbocycles. The quantitative estimate of drug-likeness (QED) is 0.825. The maximum Gasteiger partial charge on any atom is 0.349 e. The molecule has 0 spiro atoms. The molecule has 3 rings (SSSR count). The summed E-state index contributed by atoms with van der Waals surface area (Å²) in [5.41, 5.74) is 0.344. The van der Waals surface area contributed by atoms with Crippen LogP contribution in [0.25, 0.3) is 10.2 Å². The van der Waals surface area contributed by atoms with Crippen molar-refractivity contribution in [2.45, 2.75) is 45.6 Å². The molecule has 1 fully saturated rings. The number of esters is 1. The summed E-state index contributed by atoms with van der Waals surface area (Å²) in [4.78, 5) is 41.7. The number of hydrogen-bond acceptors (Lipinski definition) is 6. The highest BCUT2D eigenvalue weighted by molar-refractivity contribution is 7.20. The largest absolute Gasteiger partial charge is 0.451 e. The molecule has 1 amide bonds. The molecular weight excluding hydrogens is 354 g/mol. The van der Waals surface area contributed by atoms with Gasteiger partial charge in [-0.3, -0.25) is 9.59 Å². The van der Waals surface area contributed by atoms with Gasteiger partial charge in [0.1, 0.15) is 9.71 Å². The van der Waals surface area contributed by atoms with Crippen molar-refractivity contribution in [2.75, 3.05) is 6.61 Å². The Morgan fingerprint density at radius 2 is 2.12 bits per heavy atom. The highest BCUT2D eigenvalue weighted by Gasteiger charge is 2.24. The molecule has 2 aromatic rings. The van der Waals surface area contributed by atoms with E-state index in [0.29, 0.717) is 26.6 Å². The van der Waals surface area contributed by atoms with Crippen LogP contribution in [0.1, 0.15) is 47.8 Å². The molecule has 26 heavy (non-hydrogen) atoms. The molecule has 1 N–H and O–H groups in total. The molecule has 1 aliphatic rings. The zero-order valence-corrected chi connectivity index (χ0v) is 16.0. The van der Waals surface area contributed by atoms with Crippen molar-refractivity contribution in [3.8, 4) is 0 Å². The topological polar surface area (TPSA) is 90.3 Å². The Morgan fingerprint density at radius 3 is 2.85 bits per heavy atom. The highest BCUT2D eigenvalue weighted by atomic mass is 32.1. The predicted molar refractivity (Wildman–Crippen MR) is 99.4 cm³/mol. The zero-order chi connectivity index (χ0) is 18.8. The van der Waals surface area contributed by atoms with Gasteiger partial charge in [-0.15, -0.1) is 11.3 Å². The van der Waals surface area contributed by atoms with Crippen LogP contribution in [0.3, 0.4) is 0 Å². The van der Waals surface area contributed by atoms with Crippen LogP contribution in [-0.2, 0) is 16.6 Å². The molecule has 0 bridgehead atoms. The molecule has 0 aliphatic heterocycles. The number of thiophene rings is 1. The average molecular weight is 377 g/mol. The number of nitrogens with zero attached hydrogens (tertiary/aromatic N) is 2. The fourth-order valence-corrected chi connectivity index (χ4v) is 4.41.